The number of anilines is 1. The van der Waals surface area contributed by atoms with Crippen molar-refractivity contribution in [2.45, 2.75) is 6.54 Å². The van der Waals surface area contributed by atoms with Crippen LogP contribution in [0.2, 0.25) is 0 Å². The van der Waals surface area contributed by atoms with Crippen LogP contribution in [-0.4, -0.2) is 43.0 Å². The van der Waals surface area contributed by atoms with Gasteiger partial charge in [0.15, 0.2) is 0 Å². The van der Waals surface area contributed by atoms with Crippen LogP contribution in [0.25, 0.3) is 0 Å². The third-order valence-corrected chi connectivity index (χ3v) is 3.67. The van der Waals surface area contributed by atoms with E-state index >= 15 is 0 Å². The number of carbonyl (C=O) groups excluding carboxylic acids is 1. The van der Waals surface area contributed by atoms with Crippen LogP contribution in [0.3, 0.4) is 0 Å². The van der Waals surface area contributed by atoms with Crippen molar-refractivity contribution in [2.24, 2.45) is 0 Å². The van der Waals surface area contributed by atoms with E-state index in [0.29, 0.717) is 25.4 Å². The average Bonchev–Trinajstić information content (AvgIpc) is 2.62. The molecule has 0 aliphatic carbocycles. The molecule has 0 aliphatic rings. The van der Waals surface area contributed by atoms with Gasteiger partial charge in [-0.25, -0.2) is 0 Å². The predicted molar refractivity (Wildman–Crippen MR) is 95.7 cm³/mol. The largest absolute Gasteiger partial charge is 0.383 e. The lowest BCUT2D eigenvalue weighted by Gasteiger charge is -2.17. The molecule has 1 N–H and O–H groups in total. The molecule has 0 unspecified atom stereocenters. The summed E-state index contributed by atoms with van der Waals surface area (Å²) in [6.45, 7) is 1.30. The molecule has 0 radical (unpaired) electrons. The molecule has 1 amide bonds. The van der Waals surface area contributed by atoms with E-state index in [2.05, 4.69) is 5.32 Å². The second-order valence-electron chi connectivity index (χ2n) is 5.56. The van der Waals surface area contributed by atoms with E-state index in [1.54, 1.807) is 26.3 Å². The minimum Gasteiger partial charge on any atom is -0.383 e. The van der Waals surface area contributed by atoms with Crippen LogP contribution in [-0.2, 0) is 11.3 Å². The van der Waals surface area contributed by atoms with Gasteiger partial charge in [0.2, 0.25) is 0 Å². The monoisotopic (exact) mass is 343 g/mol. The van der Waals surface area contributed by atoms with Gasteiger partial charge >= 0.3 is 0 Å². The minimum atomic E-state index is -0.497. The number of rotatable bonds is 8. The first-order valence-corrected chi connectivity index (χ1v) is 7.83. The van der Waals surface area contributed by atoms with Crippen molar-refractivity contribution in [2.75, 3.05) is 32.6 Å². The van der Waals surface area contributed by atoms with Gasteiger partial charge in [-0.05, 0) is 17.7 Å². The van der Waals surface area contributed by atoms with Gasteiger partial charge in [0, 0.05) is 38.9 Å². The molecule has 0 aromatic heterocycles. The topological polar surface area (TPSA) is 84.7 Å². The summed E-state index contributed by atoms with van der Waals surface area (Å²) in [4.78, 5) is 24.9. The number of carbonyl (C=O) groups is 1. The number of hydrogen-bond acceptors (Lipinski definition) is 5. The third kappa shape index (κ3) is 5.02. The molecule has 25 heavy (non-hydrogen) atoms. The maximum Gasteiger partial charge on any atom is 0.293 e. The summed E-state index contributed by atoms with van der Waals surface area (Å²) >= 11 is 0. The van der Waals surface area contributed by atoms with Gasteiger partial charge in [0.1, 0.15) is 5.69 Å². The van der Waals surface area contributed by atoms with Crippen molar-refractivity contribution in [3.8, 4) is 0 Å². The van der Waals surface area contributed by atoms with E-state index in [9.17, 15) is 14.9 Å². The van der Waals surface area contributed by atoms with Crippen molar-refractivity contribution in [3.05, 3.63) is 69.8 Å². The molecule has 2 rings (SSSR count). The lowest BCUT2D eigenvalue weighted by molar-refractivity contribution is -0.384. The molecule has 0 aliphatic heterocycles. The third-order valence-electron chi connectivity index (χ3n) is 3.67. The summed E-state index contributed by atoms with van der Waals surface area (Å²) in [7, 11) is 3.23. The van der Waals surface area contributed by atoms with E-state index in [-0.39, 0.29) is 17.2 Å². The molecular weight excluding hydrogens is 322 g/mol. The van der Waals surface area contributed by atoms with Gasteiger partial charge < -0.3 is 15.0 Å². The predicted octanol–water partition coefficient (Wildman–Crippen LogP) is 2.93. The van der Waals surface area contributed by atoms with E-state index in [1.165, 1.54) is 11.0 Å². The van der Waals surface area contributed by atoms with Gasteiger partial charge in [-0.3, -0.25) is 14.9 Å². The highest BCUT2D eigenvalue weighted by Crippen LogP contribution is 2.26. The Kier molecular flexibility index (Phi) is 6.47. The van der Waals surface area contributed by atoms with Gasteiger partial charge in [-0.15, -0.1) is 0 Å². The fraction of sp³-hybridized carbons (Fsp3) is 0.278. The molecule has 0 atom stereocenters. The van der Waals surface area contributed by atoms with Crippen LogP contribution in [0.15, 0.2) is 48.5 Å². The van der Waals surface area contributed by atoms with Crippen molar-refractivity contribution in [3.63, 3.8) is 0 Å². The fourth-order valence-corrected chi connectivity index (χ4v) is 2.40. The number of nitrogens with one attached hydrogen (secondary N) is 1. The van der Waals surface area contributed by atoms with Crippen LogP contribution in [0, 0.1) is 10.1 Å². The van der Waals surface area contributed by atoms with E-state index in [0.717, 1.165) is 5.56 Å². The lowest BCUT2D eigenvalue weighted by atomic mass is 10.1. The number of benzene rings is 2. The van der Waals surface area contributed by atoms with Crippen molar-refractivity contribution in [1.82, 2.24) is 4.90 Å². The number of nitro benzene ring substituents is 1. The van der Waals surface area contributed by atoms with Crippen LogP contribution in [0.1, 0.15) is 15.9 Å². The van der Waals surface area contributed by atoms with Crippen LogP contribution in [0.5, 0.6) is 0 Å². The molecule has 0 fully saturated rings. The quantitative estimate of drug-likeness (QED) is 0.452. The Hall–Kier alpha value is -2.93. The Morgan fingerprint density at radius 1 is 1.24 bits per heavy atom. The Balaban J connectivity index is 2.16. The van der Waals surface area contributed by atoms with E-state index in [4.69, 9.17) is 4.74 Å². The second-order valence-corrected chi connectivity index (χ2v) is 5.56. The highest BCUT2D eigenvalue weighted by atomic mass is 16.6. The maximum absolute atomic E-state index is 12.6. The van der Waals surface area contributed by atoms with E-state index < -0.39 is 4.92 Å². The fourth-order valence-electron chi connectivity index (χ4n) is 2.40. The molecular formula is C18H21N3O4. The minimum absolute atomic E-state index is 0.130. The second kappa shape index (κ2) is 8.79. The maximum atomic E-state index is 12.6. The molecule has 0 heterocycles. The standard InChI is InChI=1S/C18H21N3O4/c1-20(13-14-6-4-3-5-7-14)18(22)15-8-9-16(19-10-11-25-2)17(12-15)21(23)24/h3-9,12,19H,10-11,13H2,1-2H3. The van der Waals surface area contributed by atoms with Crippen LogP contribution >= 0.6 is 0 Å². The number of nitro groups is 1. The zero-order valence-corrected chi connectivity index (χ0v) is 14.3. The molecule has 0 bridgehead atoms. The molecule has 0 saturated heterocycles. The Bertz CT molecular complexity index is 734. The smallest absolute Gasteiger partial charge is 0.293 e. The SMILES string of the molecule is COCCNc1ccc(C(=O)N(C)Cc2ccccc2)cc1[N+](=O)[O-]. The van der Waals surface area contributed by atoms with Gasteiger partial charge in [-0.2, -0.15) is 0 Å². The molecule has 0 spiro atoms. The lowest BCUT2D eigenvalue weighted by Crippen LogP contribution is -2.26. The van der Waals surface area contributed by atoms with Crippen LogP contribution < -0.4 is 5.32 Å². The zero-order valence-electron chi connectivity index (χ0n) is 14.3. The van der Waals surface area contributed by atoms with Gasteiger partial charge in [0.25, 0.3) is 11.6 Å². The van der Waals surface area contributed by atoms with Gasteiger partial charge in [-0.1, -0.05) is 30.3 Å². The molecule has 132 valence electrons. The molecule has 0 saturated carbocycles. The molecule has 7 heteroatoms. The summed E-state index contributed by atoms with van der Waals surface area (Å²) in [5.74, 6) is -0.268. The van der Waals surface area contributed by atoms with E-state index in [1.807, 2.05) is 30.3 Å². The number of methoxy groups -OCH3 is 1. The normalized spacial score (nSPS) is 10.3. The molecule has 7 nitrogen and oxygen atoms in total. The van der Waals surface area contributed by atoms with Crippen molar-refractivity contribution in [1.29, 1.82) is 0 Å². The number of amides is 1. The highest BCUT2D eigenvalue weighted by molar-refractivity contribution is 5.95. The first kappa shape index (κ1) is 18.4. The van der Waals surface area contributed by atoms with Crippen LogP contribution in [0.4, 0.5) is 11.4 Å². The first-order chi connectivity index (χ1) is 12.0. The molecule has 2 aromatic rings. The summed E-state index contributed by atoms with van der Waals surface area (Å²) in [5.41, 5.74) is 1.51. The number of hydrogen-bond donors (Lipinski definition) is 1. The summed E-state index contributed by atoms with van der Waals surface area (Å²) in [5, 5.41) is 14.2. The van der Waals surface area contributed by atoms with Gasteiger partial charge in [0.05, 0.1) is 11.5 Å². The Morgan fingerprint density at radius 2 is 1.96 bits per heavy atom. The average molecular weight is 343 g/mol. The Labute approximate surface area is 146 Å². The first-order valence-electron chi connectivity index (χ1n) is 7.83. The zero-order chi connectivity index (χ0) is 18.2. The highest BCUT2D eigenvalue weighted by Gasteiger charge is 2.19. The Morgan fingerprint density at radius 3 is 2.60 bits per heavy atom. The number of ether oxygens (including phenoxy) is 1. The van der Waals surface area contributed by atoms with Crippen molar-refractivity contribution >= 4 is 17.3 Å². The summed E-state index contributed by atoms with van der Waals surface area (Å²) in [6, 6.07) is 14.0. The summed E-state index contributed by atoms with van der Waals surface area (Å²) < 4.78 is 4.92. The van der Waals surface area contributed by atoms with Crippen molar-refractivity contribution < 1.29 is 14.5 Å². The summed E-state index contributed by atoms with van der Waals surface area (Å²) in [6.07, 6.45) is 0. The molecule has 2 aromatic carbocycles. The number of nitrogens with zero attached hydrogens (tertiary/aromatic N) is 2.